The number of hydrogen-bond donors (Lipinski definition) is 2. The fourth-order valence-corrected chi connectivity index (χ4v) is 2.36. The zero-order chi connectivity index (χ0) is 18.1. The maximum Gasteiger partial charge on any atom is 0.241 e. The second-order valence-corrected chi connectivity index (χ2v) is 5.86. The van der Waals surface area contributed by atoms with E-state index in [0.29, 0.717) is 31.5 Å². The summed E-state index contributed by atoms with van der Waals surface area (Å²) in [7, 11) is 1.72. The van der Waals surface area contributed by atoms with Gasteiger partial charge in [0.25, 0.3) is 0 Å². The first-order valence-electron chi connectivity index (χ1n) is 8.30. The van der Waals surface area contributed by atoms with Crippen molar-refractivity contribution in [3.8, 4) is 0 Å². The number of nitrogen functional groups attached to an aromatic ring is 1. The highest BCUT2D eigenvalue weighted by atomic mass is 35.5. The molecule has 3 N–H and O–H groups in total. The van der Waals surface area contributed by atoms with Gasteiger partial charge in [0.05, 0.1) is 6.54 Å². The Morgan fingerprint density at radius 3 is 2.44 bits per heavy atom. The molecule has 0 aliphatic carbocycles. The van der Waals surface area contributed by atoms with Crippen LogP contribution >= 0.6 is 24.8 Å². The molecule has 148 valence electrons. The number of para-hydroxylation sites is 1. The highest BCUT2D eigenvalue weighted by molar-refractivity contribution is 5.86. The summed E-state index contributed by atoms with van der Waals surface area (Å²) in [4.78, 5) is 29.8. The molecule has 1 heterocycles. The van der Waals surface area contributed by atoms with E-state index in [2.05, 4.69) is 10.3 Å². The highest BCUT2D eigenvalue weighted by Gasteiger charge is 2.11. The number of anilines is 1. The van der Waals surface area contributed by atoms with E-state index in [0.717, 1.165) is 11.3 Å². The van der Waals surface area contributed by atoms with E-state index in [4.69, 9.17) is 5.73 Å². The minimum atomic E-state index is -0.158. The van der Waals surface area contributed by atoms with Gasteiger partial charge in [-0.05, 0) is 30.2 Å². The molecule has 0 aliphatic rings. The van der Waals surface area contributed by atoms with Crippen molar-refractivity contribution in [2.24, 2.45) is 0 Å². The molecular weight excluding hydrogens is 387 g/mol. The Kier molecular flexibility index (Phi) is 11.8. The van der Waals surface area contributed by atoms with Gasteiger partial charge in [0.2, 0.25) is 11.8 Å². The predicted molar refractivity (Wildman–Crippen MR) is 112 cm³/mol. The van der Waals surface area contributed by atoms with Crippen molar-refractivity contribution in [2.45, 2.75) is 19.3 Å². The molecule has 0 bridgehead atoms. The lowest BCUT2D eigenvalue weighted by atomic mass is 10.1. The van der Waals surface area contributed by atoms with E-state index in [1.54, 1.807) is 18.1 Å². The Bertz CT molecular complexity index is 714. The Morgan fingerprint density at radius 1 is 1.07 bits per heavy atom. The quantitative estimate of drug-likeness (QED) is 0.650. The van der Waals surface area contributed by atoms with Crippen LogP contribution in [0.2, 0.25) is 0 Å². The fourth-order valence-electron chi connectivity index (χ4n) is 2.36. The lowest BCUT2D eigenvalue weighted by Gasteiger charge is -2.17. The van der Waals surface area contributed by atoms with Crippen molar-refractivity contribution < 1.29 is 9.59 Å². The second-order valence-electron chi connectivity index (χ2n) is 5.86. The smallest absolute Gasteiger partial charge is 0.241 e. The monoisotopic (exact) mass is 412 g/mol. The molecule has 0 saturated carbocycles. The Labute approximate surface area is 172 Å². The molecular formula is C19H26Cl2N4O2. The summed E-state index contributed by atoms with van der Waals surface area (Å²) in [6.07, 6.45) is 3.28. The molecule has 2 aromatic rings. The molecule has 6 nitrogen and oxygen atoms in total. The number of nitrogens with zero attached hydrogens (tertiary/aromatic N) is 2. The molecule has 0 fully saturated rings. The number of pyridine rings is 1. The molecule has 0 aliphatic heterocycles. The number of carbonyl (C=O) groups is 2. The van der Waals surface area contributed by atoms with Gasteiger partial charge in [-0.1, -0.05) is 24.3 Å². The van der Waals surface area contributed by atoms with Crippen molar-refractivity contribution in [3.05, 3.63) is 59.9 Å². The number of aromatic nitrogens is 1. The molecule has 0 saturated heterocycles. The topological polar surface area (TPSA) is 88.3 Å². The molecule has 27 heavy (non-hydrogen) atoms. The maximum atomic E-state index is 12.1. The average molecular weight is 413 g/mol. The van der Waals surface area contributed by atoms with Crippen LogP contribution in [0.5, 0.6) is 0 Å². The van der Waals surface area contributed by atoms with E-state index in [9.17, 15) is 9.59 Å². The number of benzene rings is 1. The number of hydrogen-bond acceptors (Lipinski definition) is 4. The van der Waals surface area contributed by atoms with E-state index in [-0.39, 0.29) is 43.2 Å². The number of rotatable bonds is 8. The molecule has 0 radical (unpaired) electrons. The number of aryl methyl sites for hydroxylation is 1. The summed E-state index contributed by atoms with van der Waals surface area (Å²) < 4.78 is 0. The Hall–Kier alpha value is -2.31. The first kappa shape index (κ1) is 24.7. The van der Waals surface area contributed by atoms with Gasteiger partial charge < -0.3 is 16.0 Å². The number of nitrogens with two attached hydrogens (primary N) is 1. The van der Waals surface area contributed by atoms with Crippen molar-refractivity contribution in [1.82, 2.24) is 15.2 Å². The van der Waals surface area contributed by atoms with Crippen LogP contribution in [0.1, 0.15) is 17.7 Å². The van der Waals surface area contributed by atoms with Gasteiger partial charge in [0, 0.05) is 44.0 Å². The average Bonchev–Trinajstić information content (AvgIpc) is 2.64. The number of carbonyl (C=O) groups excluding carboxylic acids is 2. The van der Waals surface area contributed by atoms with Crippen LogP contribution in [0.15, 0.2) is 48.7 Å². The summed E-state index contributed by atoms with van der Waals surface area (Å²) in [5, 5.41) is 2.66. The van der Waals surface area contributed by atoms with Crippen molar-refractivity contribution in [2.75, 3.05) is 25.9 Å². The zero-order valence-corrected chi connectivity index (χ0v) is 16.9. The normalized spacial score (nSPS) is 9.52. The standard InChI is InChI=1S/C19H24N4O2.2ClH/c1-23(13-11-16-7-4-5-12-21-16)19(25)14-22-18(24)10-9-15-6-2-3-8-17(15)20;;/h2-8,12H,9-11,13-14,20H2,1H3,(H,22,24);2*1H. The lowest BCUT2D eigenvalue weighted by Crippen LogP contribution is -2.39. The summed E-state index contributed by atoms with van der Waals surface area (Å²) in [5.74, 6) is -0.279. The van der Waals surface area contributed by atoms with Gasteiger partial charge in [-0.3, -0.25) is 14.6 Å². The molecule has 1 aromatic carbocycles. The minimum Gasteiger partial charge on any atom is -0.399 e. The molecule has 0 unspecified atom stereocenters. The van der Waals surface area contributed by atoms with E-state index in [1.165, 1.54) is 0 Å². The summed E-state index contributed by atoms with van der Waals surface area (Å²) >= 11 is 0. The Balaban J connectivity index is 0.00000338. The second kappa shape index (κ2) is 12.9. The summed E-state index contributed by atoms with van der Waals surface area (Å²) in [6.45, 7) is 0.564. The van der Waals surface area contributed by atoms with Crippen LogP contribution < -0.4 is 11.1 Å². The van der Waals surface area contributed by atoms with E-state index in [1.807, 2.05) is 42.5 Å². The third-order valence-corrected chi connectivity index (χ3v) is 3.97. The third kappa shape index (κ3) is 8.75. The first-order chi connectivity index (χ1) is 12.1. The number of likely N-dealkylation sites (N-methyl/N-ethyl adjacent to an activating group) is 1. The number of amides is 2. The maximum absolute atomic E-state index is 12.1. The zero-order valence-electron chi connectivity index (χ0n) is 15.3. The van der Waals surface area contributed by atoms with Crippen molar-refractivity contribution in [1.29, 1.82) is 0 Å². The van der Waals surface area contributed by atoms with Gasteiger partial charge in [-0.15, -0.1) is 24.8 Å². The first-order valence-corrected chi connectivity index (χ1v) is 8.30. The van der Waals surface area contributed by atoms with Crippen molar-refractivity contribution >= 4 is 42.3 Å². The van der Waals surface area contributed by atoms with Gasteiger partial charge in [0.15, 0.2) is 0 Å². The van der Waals surface area contributed by atoms with Crippen molar-refractivity contribution in [3.63, 3.8) is 0 Å². The summed E-state index contributed by atoms with van der Waals surface area (Å²) in [5.41, 5.74) is 8.41. The molecule has 2 amide bonds. The van der Waals surface area contributed by atoms with Gasteiger partial charge in [-0.2, -0.15) is 0 Å². The fraction of sp³-hybridized carbons (Fsp3) is 0.316. The summed E-state index contributed by atoms with van der Waals surface area (Å²) in [6, 6.07) is 13.2. The molecule has 0 atom stereocenters. The Morgan fingerprint density at radius 2 is 1.78 bits per heavy atom. The van der Waals surface area contributed by atoms with E-state index < -0.39 is 0 Å². The molecule has 8 heteroatoms. The minimum absolute atomic E-state index is 0. The molecule has 1 aromatic heterocycles. The van der Waals surface area contributed by atoms with Gasteiger partial charge in [-0.25, -0.2) is 0 Å². The van der Waals surface area contributed by atoms with Crippen LogP contribution in [0.25, 0.3) is 0 Å². The van der Waals surface area contributed by atoms with Crippen LogP contribution in [0, 0.1) is 0 Å². The number of nitrogens with one attached hydrogen (secondary N) is 1. The SMILES string of the molecule is CN(CCc1ccccn1)C(=O)CNC(=O)CCc1ccccc1N.Cl.Cl. The number of halogens is 2. The van der Waals surface area contributed by atoms with Crippen LogP contribution in [-0.2, 0) is 22.4 Å². The third-order valence-electron chi connectivity index (χ3n) is 3.97. The lowest BCUT2D eigenvalue weighted by molar-refractivity contribution is -0.131. The predicted octanol–water partition coefficient (Wildman–Crippen LogP) is 2.26. The van der Waals surface area contributed by atoms with Crippen LogP contribution in [0.4, 0.5) is 5.69 Å². The van der Waals surface area contributed by atoms with E-state index >= 15 is 0 Å². The molecule has 2 rings (SSSR count). The molecule has 0 spiro atoms. The van der Waals surface area contributed by atoms with Crippen LogP contribution in [0.3, 0.4) is 0 Å². The van der Waals surface area contributed by atoms with Gasteiger partial charge in [0.1, 0.15) is 0 Å². The van der Waals surface area contributed by atoms with Gasteiger partial charge >= 0.3 is 0 Å². The van der Waals surface area contributed by atoms with Crippen LogP contribution in [-0.4, -0.2) is 41.8 Å². The highest BCUT2D eigenvalue weighted by Crippen LogP contribution is 2.12. The largest absolute Gasteiger partial charge is 0.399 e.